The summed E-state index contributed by atoms with van der Waals surface area (Å²) in [5.74, 6) is 0.824. The Hall–Kier alpha value is -0.960. The monoisotopic (exact) mass is 212 g/mol. The molecule has 0 aliphatic heterocycles. The lowest BCUT2D eigenvalue weighted by atomic mass is 9.95. The maximum atomic E-state index is 9.58. The zero-order valence-corrected chi connectivity index (χ0v) is 9.91. The van der Waals surface area contributed by atoms with E-state index in [4.69, 9.17) is 9.47 Å². The summed E-state index contributed by atoms with van der Waals surface area (Å²) in [5, 5.41) is 9.58. The molecule has 3 nitrogen and oxygen atoms in total. The highest BCUT2D eigenvalue weighted by molar-refractivity contribution is 5.26. The third-order valence-corrected chi connectivity index (χ3v) is 2.21. The summed E-state index contributed by atoms with van der Waals surface area (Å²) < 4.78 is 11.2. The van der Waals surface area contributed by atoms with Crippen LogP contribution in [0.15, 0.2) is 23.7 Å². The highest BCUT2D eigenvalue weighted by Crippen LogP contribution is 2.30. The number of rotatable bonds is 4. The first-order chi connectivity index (χ1) is 6.97. The molecule has 0 aromatic carbocycles. The highest BCUT2D eigenvalue weighted by Gasteiger charge is 2.30. The average molecular weight is 212 g/mol. The summed E-state index contributed by atoms with van der Waals surface area (Å²) in [7, 11) is 0. The predicted molar refractivity (Wildman–Crippen MR) is 59.7 cm³/mol. The Labute approximate surface area is 91.4 Å². The minimum atomic E-state index is -0.370. The molecule has 1 N–H and O–H groups in total. The van der Waals surface area contributed by atoms with Crippen molar-refractivity contribution in [2.75, 3.05) is 6.61 Å². The Morgan fingerprint density at radius 1 is 1.53 bits per heavy atom. The highest BCUT2D eigenvalue weighted by atomic mass is 16.5. The van der Waals surface area contributed by atoms with Crippen LogP contribution in [0.5, 0.6) is 0 Å². The van der Waals surface area contributed by atoms with Crippen LogP contribution in [0.1, 0.15) is 34.1 Å². The van der Waals surface area contributed by atoms with Gasteiger partial charge in [0.25, 0.3) is 0 Å². The van der Waals surface area contributed by atoms with Crippen molar-refractivity contribution in [1.29, 1.82) is 0 Å². The molecule has 1 atom stereocenters. The zero-order valence-electron chi connectivity index (χ0n) is 9.91. The Balaban J connectivity index is 2.74. The zero-order chi connectivity index (χ0) is 11.5. The fourth-order valence-electron chi connectivity index (χ4n) is 1.74. The van der Waals surface area contributed by atoms with Gasteiger partial charge < -0.3 is 14.6 Å². The number of hydrogen-bond acceptors (Lipinski definition) is 3. The summed E-state index contributed by atoms with van der Waals surface area (Å²) in [5.41, 5.74) is -0.370. The van der Waals surface area contributed by atoms with E-state index in [1.165, 1.54) is 0 Å². The molecule has 0 fully saturated rings. The molecule has 1 unspecified atom stereocenters. The van der Waals surface area contributed by atoms with Gasteiger partial charge in [-0.15, -0.1) is 0 Å². The maximum absolute atomic E-state index is 9.58. The number of aliphatic hydroxyl groups excluding tert-OH is 1. The largest absolute Gasteiger partial charge is 0.504 e. The van der Waals surface area contributed by atoms with Gasteiger partial charge in [-0.2, -0.15) is 0 Å². The van der Waals surface area contributed by atoms with Crippen LogP contribution in [0, 0.1) is 0 Å². The molecule has 0 spiro atoms. The first kappa shape index (κ1) is 12.1. The van der Waals surface area contributed by atoms with Gasteiger partial charge in [0.2, 0.25) is 0 Å². The summed E-state index contributed by atoms with van der Waals surface area (Å²) in [6.45, 7) is 8.45. The van der Waals surface area contributed by atoms with Crippen LogP contribution in [0.4, 0.5) is 0 Å². The molecule has 0 aromatic rings. The van der Waals surface area contributed by atoms with Gasteiger partial charge >= 0.3 is 0 Å². The lowest BCUT2D eigenvalue weighted by Crippen LogP contribution is -2.32. The van der Waals surface area contributed by atoms with E-state index < -0.39 is 0 Å². The van der Waals surface area contributed by atoms with Crippen LogP contribution in [-0.4, -0.2) is 23.4 Å². The SMILES string of the molecule is CCOC1=C(O)C=CC(C)(OC(C)C)C1. The number of hydrogen-bond donors (Lipinski definition) is 1. The Morgan fingerprint density at radius 2 is 2.20 bits per heavy atom. The van der Waals surface area contributed by atoms with E-state index in [9.17, 15) is 5.11 Å². The van der Waals surface area contributed by atoms with Crippen molar-refractivity contribution in [2.24, 2.45) is 0 Å². The third kappa shape index (κ3) is 3.27. The van der Waals surface area contributed by atoms with Gasteiger partial charge in [-0.05, 0) is 39.8 Å². The summed E-state index contributed by atoms with van der Waals surface area (Å²) in [6, 6.07) is 0. The summed E-state index contributed by atoms with van der Waals surface area (Å²) in [6.07, 6.45) is 4.27. The van der Waals surface area contributed by atoms with Gasteiger partial charge in [0.05, 0.1) is 18.3 Å². The van der Waals surface area contributed by atoms with Crippen molar-refractivity contribution in [3.63, 3.8) is 0 Å². The first-order valence-corrected chi connectivity index (χ1v) is 5.39. The van der Waals surface area contributed by atoms with E-state index in [-0.39, 0.29) is 17.5 Å². The molecule has 15 heavy (non-hydrogen) atoms. The molecule has 86 valence electrons. The average Bonchev–Trinajstić information content (AvgIpc) is 2.11. The Bertz CT molecular complexity index is 279. The molecule has 1 rings (SSSR count). The van der Waals surface area contributed by atoms with Gasteiger partial charge in [-0.25, -0.2) is 0 Å². The Morgan fingerprint density at radius 3 is 2.73 bits per heavy atom. The van der Waals surface area contributed by atoms with E-state index in [2.05, 4.69) is 0 Å². The van der Waals surface area contributed by atoms with Gasteiger partial charge in [0.15, 0.2) is 5.76 Å². The molecule has 0 heterocycles. The normalized spacial score (nSPS) is 26.2. The number of aliphatic hydroxyl groups is 1. The van der Waals surface area contributed by atoms with Crippen molar-refractivity contribution < 1.29 is 14.6 Å². The molecule has 0 saturated heterocycles. The summed E-state index contributed by atoms with van der Waals surface area (Å²) in [4.78, 5) is 0. The topological polar surface area (TPSA) is 38.7 Å². The van der Waals surface area contributed by atoms with Gasteiger partial charge in [0.1, 0.15) is 5.76 Å². The van der Waals surface area contributed by atoms with Crippen molar-refractivity contribution >= 4 is 0 Å². The van der Waals surface area contributed by atoms with Crippen LogP contribution >= 0.6 is 0 Å². The quantitative estimate of drug-likeness (QED) is 0.778. The second-order valence-electron chi connectivity index (χ2n) is 4.23. The van der Waals surface area contributed by atoms with E-state index >= 15 is 0 Å². The second-order valence-corrected chi connectivity index (χ2v) is 4.23. The number of allylic oxidation sites excluding steroid dienone is 1. The van der Waals surface area contributed by atoms with E-state index in [1.807, 2.05) is 33.8 Å². The predicted octanol–water partition coefficient (Wildman–Crippen LogP) is 2.94. The first-order valence-electron chi connectivity index (χ1n) is 5.39. The van der Waals surface area contributed by atoms with Crippen LogP contribution in [-0.2, 0) is 9.47 Å². The second kappa shape index (κ2) is 4.71. The molecule has 0 bridgehead atoms. The van der Waals surface area contributed by atoms with Crippen molar-refractivity contribution in [2.45, 2.75) is 45.8 Å². The molecule has 1 aliphatic carbocycles. The molecule has 0 amide bonds. The molecule has 1 aliphatic rings. The molecule has 0 radical (unpaired) electrons. The van der Waals surface area contributed by atoms with E-state index in [0.29, 0.717) is 18.8 Å². The lowest BCUT2D eigenvalue weighted by molar-refractivity contribution is -0.0450. The summed E-state index contributed by atoms with van der Waals surface area (Å²) >= 11 is 0. The fraction of sp³-hybridized carbons (Fsp3) is 0.667. The van der Waals surface area contributed by atoms with Crippen molar-refractivity contribution in [3.8, 4) is 0 Å². The van der Waals surface area contributed by atoms with Gasteiger partial charge in [-0.3, -0.25) is 0 Å². The third-order valence-electron chi connectivity index (χ3n) is 2.21. The Kier molecular flexibility index (Phi) is 3.80. The standard InChI is InChI=1S/C12H20O3/c1-5-14-11-8-12(4,15-9(2)3)7-6-10(11)13/h6-7,9,13H,5,8H2,1-4H3. The van der Waals surface area contributed by atoms with Crippen molar-refractivity contribution in [3.05, 3.63) is 23.7 Å². The molecule has 3 heteroatoms. The smallest absolute Gasteiger partial charge is 0.153 e. The fourth-order valence-corrected chi connectivity index (χ4v) is 1.74. The molecular formula is C12H20O3. The maximum Gasteiger partial charge on any atom is 0.153 e. The van der Waals surface area contributed by atoms with Crippen LogP contribution in [0.2, 0.25) is 0 Å². The van der Waals surface area contributed by atoms with Crippen molar-refractivity contribution in [1.82, 2.24) is 0 Å². The van der Waals surface area contributed by atoms with Gasteiger partial charge in [0, 0.05) is 6.42 Å². The molecular weight excluding hydrogens is 192 g/mol. The van der Waals surface area contributed by atoms with Crippen LogP contribution in [0.25, 0.3) is 0 Å². The lowest BCUT2D eigenvalue weighted by Gasteiger charge is -2.32. The molecule has 0 saturated carbocycles. The van der Waals surface area contributed by atoms with E-state index in [1.54, 1.807) is 6.08 Å². The van der Waals surface area contributed by atoms with E-state index in [0.717, 1.165) is 0 Å². The minimum Gasteiger partial charge on any atom is -0.504 e. The number of ether oxygens (including phenoxy) is 2. The van der Waals surface area contributed by atoms with Crippen LogP contribution in [0.3, 0.4) is 0 Å². The van der Waals surface area contributed by atoms with Crippen LogP contribution < -0.4 is 0 Å². The van der Waals surface area contributed by atoms with Gasteiger partial charge in [-0.1, -0.05) is 0 Å². The minimum absolute atomic E-state index is 0.155. The molecule has 0 aromatic heterocycles.